The van der Waals surface area contributed by atoms with Crippen LogP contribution in [0, 0.1) is 23.2 Å². The molecule has 0 aromatic heterocycles. The fourth-order valence-electron chi connectivity index (χ4n) is 3.42. The minimum Gasteiger partial charge on any atom is -0.861 e. The second kappa shape index (κ2) is 5.57. The predicted octanol–water partition coefficient (Wildman–Crippen LogP) is -2.15. The number of nitrogens with zero attached hydrogens (tertiary/aromatic N) is 1. The smallest absolute Gasteiger partial charge is 0.861 e. The average Bonchev–Trinajstić information content (AvgIpc) is 2.50. The topological polar surface area (TPSA) is 64.5 Å². The summed E-state index contributed by atoms with van der Waals surface area (Å²) >= 11 is 4.80. The van der Waals surface area contributed by atoms with E-state index in [1.807, 2.05) is 13.8 Å². The summed E-state index contributed by atoms with van der Waals surface area (Å²) in [6.45, 7) is 6.09. The molecule has 0 aromatic rings. The molecule has 18 heavy (non-hydrogen) atoms. The molecule has 4 nitrogen and oxygen atoms in total. The molecule has 2 aliphatic rings. The van der Waals surface area contributed by atoms with Gasteiger partial charge in [-0.05, 0) is 42.3 Å². The number of hydrogen-bond donors (Lipinski definition) is 1. The Labute approximate surface area is 135 Å². The van der Waals surface area contributed by atoms with E-state index in [4.69, 9.17) is 12.2 Å². The van der Waals surface area contributed by atoms with Crippen LogP contribution in [-0.4, -0.2) is 16.9 Å². The van der Waals surface area contributed by atoms with Crippen LogP contribution in [0.4, 0.5) is 0 Å². The van der Waals surface area contributed by atoms with Crippen molar-refractivity contribution >= 4 is 29.1 Å². The molecule has 1 amide bonds. The average molecular weight is 276 g/mol. The third-order valence-electron chi connectivity index (χ3n) is 4.52. The fourth-order valence-corrected chi connectivity index (χ4v) is 3.60. The van der Waals surface area contributed by atoms with Crippen LogP contribution in [0.1, 0.15) is 33.6 Å². The first-order valence-electron chi connectivity index (χ1n) is 6.06. The van der Waals surface area contributed by atoms with E-state index < -0.39 is 5.41 Å². The van der Waals surface area contributed by atoms with Gasteiger partial charge in [-0.15, -0.1) is 0 Å². The Kier molecular flexibility index (Phi) is 4.98. The number of aliphatic imine (C=N–C) groups is 1. The molecule has 1 saturated carbocycles. The van der Waals surface area contributed by atoms with Crippen molar-refractivity contribution in [1.29, 1.82) is 0 Å². The largest absolute Gasteiger partial charge is 1.00 e. The summed E-state index contributed by atoms with van der Waals surface area (Å²) in [5.74, 6) is -0.128. The zero-order chi connectivity index (χ0) is 12.8. The van der Waals surface area contributed by atoms with E-state index in [1.54, 1.807) is 0 Å². The quantitative estimate of drug-likeness (QED) is 0.439. The summed E-state index contributed by atoms with van der Waals surface area (Å²) < 4.78 is 0. The third-order valence-corrected chi connectivity index (χ3v) is 4.71. The van der Waals surface area contributed by atoms with Gasteiger partial charge in [0.05, 0.1) is 5.41 Å². The van der Waals surface area contributed by atoms with E-state index in [9.17, 15) is 9.90 Å². The van der Waals surface area contributed by atoms with Crippen LogP contribution in [-0.2, 0) is 4.79 Å². The molecule has 1 heterocycles. The summed E-state index contributed by atoms with van der Waals surface area (Å²) in [5, 5.41) is 14.8. The van der Waals surface area contributed by atoms with Gasteiger partial charge in [0.15, 0.2) is 5.11 Å². The van der Waals surface area contributed by atoms with Gasteiger partial charge in [0.25, 0.3) is 0 Å². The molecule has 94 valence electrons. The first-order chi connectivity index (χ1) is 7.94. The SMILES string of the molecule is CCC1CC(C)C(C)C12C(=O)NC(=S)N=C2[O-].[Na+]. The standard InChI is InChI=1S/C12H18N2O2S.Na/c1-4-8-5-6(2)7(3)12(8)9(15)13-11(17)14-10(12)16;/h6-8H,4-5H2,1-3H3,(H2,13,14,15,16,17);/q;+1/p-1. The number of thiocarbonyl (C=S) groups is 1. The zero-order valence-corrected chi connectivity index (χ0v) is 14.1. The Balaban J connectivity index is 0.00000162. The predicted molar refractivity (Wildman–Crippen MR) is 67.3 cm³/mol. The Morgan fingerprint density at radius 1 is 1.56 bits per heavy atom. The number of carbonyl (C=O) groups excluding carboxylic acids is 1. The fraction of sp³-hybridized carbons (Fsp3) is 0.750. The molecule has 2 rings (SSSR count). The van der Waals surface area contributed by atoms with E-state index in [0.717, 1.165) is 12.8 Å². The van der Waals surface area contributed by atoms with Gasteiger partial charge in [0.1, 0.15) is 0 Å². The normalized spacial score (nSPS) is 39.3. The van der Waals surface area contributed by atoms with Gasteiger partial charge >= 0.3 is 29.6 Å². The first kappa shape index (κ1) is 16.1. The van der Waals surface area contributed by atoms with E-state index in [1.165, 1.54) is 0 Å². The molecule has 4 unspecified atom stereocenters. The Bertz CT molecular complexity index is 413. The van der Waals surface area contributed by atoms with Gasteiger partial charge < -0.3 is 10.4 Å². The van der Waals surface area contributed by atoms with Crippen LogP contribution in [0.25, 0.3) is 0 Å². The molecular weight excluding hydrogens is 259 g/mol. The van der Waals surface area contributed by atoms with Gasteiger partial charge in [-0.1, -0.05) is 27.2 Å². The molecule has 4 atom stereocenters. The molecule has 0 bridgehead atoms. The van der Waals surface area contributed by atoms with Crippen LogP contribution in [0.5, 0.6) is 0 Å². The minimum absolute atomic E-state index is 0. The summed E-state index contributed by atoms with van der Waals surface area (Å²) in [4.78, 5) is 16.1. The van der Waals surface area contributed by atoms with Crippen molar-refractivity contribution in [3.8, 4) is 0 Å². The number of rotatable bonds is 1. The van der Waals surface area contributed by atoms with E-state index >= 15 is 0 Å². The molecule has 6 heteroatoms. The van der Waals surface area contributed by atoms with Crippen LogP contribution in [0.2, 0.25) is 0 Å². The minimum atomic E-state index is -0.976. The number of carbonyl (C=O) groups is 1. The van der Waals surface area contributed by atoms with Crippen molar-refractivity contribution in [2.24, 2.45) is 28.2 Å². The number of nitrogens with one attached hydrogen (secondary N) is 1. The van der Waals surface area contributed by atoms with Crippen molar-refractivity contribution < 1.29 is 39.5 Å². The molecule has 0 saturated heterocycles. The Morgan fingerprint density at radius 2 is 2.17 bits per heavy atom. The van der Waals surface area contributed by atoms with Gasteiger partial charge in [-0.25, -0.2) is 4.99 Å². The molecule has 1 fully saturated rings. The molecule has 1 aliphatic heterocycles. The van der Waals surface area contributed by atoms with Crippen LogP contribution < -0.4 is 40.0 Å². The number of amides is 1. The van der Waals surface area contributed by atoms with E-state index in [0.29, 0.717) is 5.92 Å². The van der Waals surface area contributed by atoms with Crippen LogP contribution in [0.15, 0.2) is 4.99 Å². The summed E-state index contributed by atoms with van der Waals surface area (Å²) in [6.07, 6.45) is 1.72. The summed E-state index contributed by atoms with van der Waals surface area (Å²) in [6, 6.07) is 0. The number of hydrogen-bond acceptors (Lipinski definition) is 3. The van der Waals surface area contributed by atoms with Crippen molar-refractivity contribution in [3.63, 3.8) is 0 Å². The molecular formula is C12H17N2NaO2S. The summed E-state index contributed by atoms with van der Waals surface area (Å²) in [5.41, 5.74) is -0.976. The van der Waals surface area contributed by atoms with Crippen molar-refractivity contribution in [2.75, 3.05) is 0 Å². The molecule has 1 aliphatic carbocycles. The van der Waals surface area contributed by atoms with Gasteiger partial charge in [-0.3, -0.25) is 4.79 Å². The van der Waals surface area contributed by atoms with E-state index in [-0.39, 0.29) is 58.3 Å². The first-order valence-corrected chi connectivity index (χ1v) is 6.47. The molecule has 0 aromatic carbocycles. The second-order valence-electron chi connectivity index (χ2n) is 5.15. The second-order valence-corrected chi connectivity index (χ2v) is 5.54. The monoisotopic (exact) mass is 276 g/mol. The Hall–Kier alpha value is 0.0300. The van der Waals surface area contributed by atoms with Crippen molar-refractivity contribution in [3.05, 3.63) is 0 Å². The zero-order valence-electron chi connectivity index (χ0n) is 11.3. The van der Waals surface area contributed by atoms with Crippen LogP contribution in [0.3, 0.4) is 0 Å². The maximum Gasteiger partial charge on any atom is 1.00 e. The third kappa shape index (κ3) is 2.05. The maximum absolute atomic E-state index is 12.3. The maximum atomic E-state index is 12.3. The Morgan fingerprint density at radius 3 is 2.67 bits per heavy atom. The molecule has 1 spiro atoms. The molecule has 0 radical (unpaired) electrons. The van der Waals surface area contributed by atoms with E-state index in [2.05, 4.69) is 17.2 Å². The summed E-state index contributed by atoms with van der Waals surface area (Å²) in [7, 11) is 0. The van der Waals surface area contributed by atoms with Crippen molar-refractivity contribution in [1.82, 2.24) is 5.32 Å². The molecule has 1 N–H and O–H groups in total. The van der Waals surface area contributed by atoms with Crippen molar-refractivity contribution in [2.45, 2.75) is 33.6 Å². The van der Waals surface area contributed by atoms with Gasteiger partial charge in [-0.2, -0.15) is 0 Å². The van der Waals surface area contributed by atoms with Gasteiger partial charge in [0, 0.05) is 0 Å². The van der Waals surface area contributed by atoms with Gasteiger partial charge in [0.2, 0.25) is 5.91 Å². The van der Waals surface area contributed by atoms with Crippen LogP contribution >= 0.6 is 12.2 Å².